The van der Waals surface area contributed by atoms with Crippen molar-refractivity contribution in [1.82, 2.24) is 9.55 Å². The molecule has 0 spiro atoms. The Morgan fingerprint density at radius 1 is 0.783 bits per heavy atom. The maximum absolute atomic E-state index is 6.48. The van der Waals surface area contributed by atoms with E-state index in [0.29, 0.717) is 17.5 Å². The van der Waals surface area contributed by atoms with Crippen LogP contribution in [0, 0.1) is 18.8 Å². The molecule has 0 unspecified atom stereocenters. The third-order valence-corrected chi connectivity index (χ3v) is 9.26. The first kappa shape index (κ1) is 30.6. The number of aromatic nitrogens is 2. The van der Waals surface area contributed by atoms with Crippen molar-refractivity contribution < 1.29 is 25.8 Å². The molecule has 2 aromatic heterocycles. The summed E-state index contributed by atoms with van der Waals surface area (Å²) in [5.41, 5.74) is 6.68. The SMILES string of the molecule is CC(C)(C)c1ccnc(-n2c3[c-]c(Oc4[c-]c(N5[CH-]N(C6CCCCC6)c6ccccc65)ccc4)ccc3c3ccccc32)c1.[Pt]. The van der Waals surface area contributed by atoms with Crippen LogP contribution in [0.1, 0.15) is 58.4 Å². The molecule has 2 aliphatic rings. The van der Waals surface area contributed by atoms with Crippen LogP contribution in [-0.4, -0.2) is 15.6 Å². The fourth-order valence-corrected chi connectivity index (χ4v) is 6.91. The quantitative estimate of drug-likeness (QED) is 0.163. The Kier molecular flexibility index (Phi) is 8.15. The van der Waals surface area contributed by atoms with Gasteiger partial charge in [0.1, 0.15) is 5.82 Å². The minimum atomic E-state index is 0. The minimum Gasteiger partial charge on any atom is -0.509 e. The summed E-state index contributed by atoms with van der Waals surface area (Å²) in [6.07, 6.45) is 8.30. The van der Waals surface area contributed by atoms with Crippen LogP contribution in [0.4, 0.5) is 17.1 Å². The zero-order chi connectivity index (χ0) is 30.5. The monoisotopic (exact) mass is 784 g/mol. The van der Waals surface area contributed by atoms with Gasteiger partial charge in [-0.15, -0.1) is 41.4 Å². The molecule has 0 saturated heterocycles. The van der Waals surface area contributed by atoms with Gasteiger partial charge < -0.3 is 19.1 Å². The maximum atomic E-state index is 6.48. The fraction of sp³-hybridized carbons (Fsp3) is 0.250. The van der Waals surface area contributed by atoms with Crippen molar-refractivity contribution in [2.24, 2.45) is 0 Å². The average molecular weight is 785 g/mol. The number of para-hydroxylation sites is 3. The normalized spacial score (nSPS) is 15.3. The molecule has 0 amide bonds. The first-order valence-electron chi connectivity index (χ1n) is 16.1. The number of rotatable bonds is 5. The van der Waals surface area contributed by atoms with E-state index < -0.39 is 0 Å². The summed E-state index contributed by atoms with van der Waals surface area (Å²) in [6, 6.07) is 39.3. The molecule has 0 bridgehead atoms. The molecule has 1 saturated carbocycles. The molecule has 1 aliphatic carbocycles. The number of fused-ring (bicyclic) bond motifs is 4. The van der Waals surface area contributed by atoms with Crippen molar-refractivity contribution in [3.8, 4) is 17.3 Å². The van der Waals surface area contributed by atoms with E-state index in [1.807, 2.05) is 24.4 Å². The van der Waals surface area contributed by atoms with E-state index in [4.69, 9.17) is 9.72 Å². The van der Waals surface area contributed by atoms with Crippen LogP contribution in [0.2, 0.25) is 0 Å². The second kappa shape index (κ2) is 12.3. The Morgan fingerprint density at radius 3 is 2.37 bits per heavy atom. The third-order valence-electron chi connectivity index (χ3n) is 9.26. The second-order valence-electron chi connectivity index (χ2n) is 13.3. The van der Waals surface area contributed by atoms with E-state index in [9.17, 15) is 0 Å². The smallest absolute Gasteiger partial charge is 0.135 e. The molecule has 8 rings (SSSR count). The van der Waals surface area contributed by atoms with Gasteiger partial charge in [-0.2, -0.15) is 18.8 Å². The van der Waals surface area contributed by atoms with E-state index in [0.717, 1.165) is 33.3 Å². The van der Waals surface area contributed by atoms with Crippen molar-refractivity contribution in [2.45, 2.75) is 64.3 Å². The Morgan fingerprint density at radius 2 is 1.54 bits per heavy atom. The molecular weight excluding hydrogens is 748 g/mol. The van der Waals surface area contributed by atoms with Gasteiger partial charge in [0.25, 0.3) is 0 Å². The van der Waals surface area contributed by atoms with Gasteiger partial charge >= 0.3 is 0 Å². The molecule has 6 heteroatoms. The van der Waals surface area contributed by atoms with Gasteiger partial charge in [0.2, 0.25) is 0 Å². The molecule has 236 valence electrons. The molecule has 1 aliphatic heterocycles. The minimum absolute atomic E-state index is 0. The van der Waals surface area contributed by atoms with Crippen molar-refractivity contribution >= 4 is 38.9 Å². The molecule has 6 aromatic rings. The number of hydrogen-bond donors (Lipinski definition) is 0. The Labute approximate surface area is 286 Å². The average Bonchev–Trinajstić information content (AvgIpc) is 3.61. The molecule has 1 fully saturated rings. The zero-order valence-corrected chi connectivity index (χ0v) is 28.7. The molecular formula is C40H37N4OPt-3. The van der Waals surface area contributed by atoms with Crippen LogP contribution in [0.5, 0.6) is 11.5 Å². The van der Waals surface area contributed by atoms with Gasteiger partial charge in [-0.3, -0.25) is 0 Å². The Bertz CT molecular complexity index is 2020. The van der Waals surface area contributed by atoms with Crippen molar-refractivity contribution in [3.05, 3.63) is 122 Å². The van der Waals surface area contributed by atoms with Crippen LogP contribution < -0.4 is 14.5 Å². The fourth-order valence-electron chi connectivity index (χ4n) is 6.91. The first-order valence-corrected chi connectivity index (χ1v) is 16.1. The number of nitrogens with zero attached hydrogens (tertiary/aromatic N) is 4. The molecule has 5 nitrogen and oxygen atoms in total. The summed E-state index contributed by atoms with van der Waals surface area (Å²) in [4.78, 5) is 9.52. The number of ether oxygens (including phenoxy) is 1. The summed E-state index contributed by atoms with van der Waals surface area (Å²) in [7, 11) is 0. The van der Waals surface area contributed by atoms with Crippen LogP contribution >= 0.6 is 0 Å². The number of anilines is 3. The summed E-state index contributed by atoms with van der Waals surface area (Å²) < 4.78 is 8.68. The Hall–Kier alpha value is -4.08. The summed E-state index contributed by atoms with van der Waals surface area (Å²) in [5, 5.41) is 2.28. The van der Waals surface area contributed by atoms with E-state index in [1.165, 1.54) is 49.0 Å². The van der Waals surface area contributed by atoms with E-state index in [-0.39, 0.29) is 26.5 Å². The molecule has 0 N–H and O–H groups in total. The van der Waals surface area contributed by atoms with E-state index in [2.05, 4.69) is 127 Å². The molecule has 3 heterocycles. The predicted octanol–water partition coefficient (Wildman–Crippen LogP) is 10.3. The largest absolute Gasteiger partial charge is 0.509 e. The topological polar surface area (TPSA) is 33.5 Å². The standard InChI is InChI=1S/C40H37N4O.Pt/c1-40(2,3)28-22-23-41-39(24-28)44-35-17-8-7-16-33(35)34-21-20-32(26-38(34)44)45-31-15-11-14-30(25-31)43-27-42(29-12-5-4-6-13-29)36-18-9-10-19-37(36)43;/h7-11,14-24,27,29H,4-6,12-13H2,1-3H3;/q-3;. The summed E-state index contributed by atoms with van der Waals surface area (Å²) in [5.74, 6) is 2.17. The summed E-state index contributed by atoms with van der Waals surface area (Å²) in [6.45, 7) is 8.94. The third kappa shape index (κ3) is 5.49. The van der Waals surface area contributed by atoms with E-state index >= 15 is 0 Å². The molecule has 0 radical (unpaired) electrons. The molecule has 0 atom stereocenters. The molecule has 46 heavy (non-hydrogen) atoms. The first-order chi connectivity index (χ1) is 21.9. The van der Waals surface area contributed by atoms with Crippen LogP contribution in [0.25, 0.3) is 27.6 Å². The van der Waals surface area contributed by atoms with Gasteiger partial charge in [-0.05, 0) is 59.5 Å². The Balaban J connectivity index is 0.00000338. The van der Waals surface area contributed by atoms with Crippen LogP contribution in [0.3, 0.4) is 0 Å². The van der Waals surface area contributed by atoms with Crippen LogP contribution in [-0.2, 0) is 26.5 Å². The number of hydrogen-bond acceptors (Lipinski definition) is 4. The molecule has 4 aromatic carbocycles. The predicted molar refractivity (Wildman–Crippen MR) is 184 cm³/mol. The van der Waals surface area contributed by atoms with Gasteiger partial charge in [0.05, 0.1) is 0 Å². The van der Waals surface area contributed by atoms with Gasteiger partial charge in [0, 0.05) is 61.7 Å². The van der Waals surface area contributed by atoms with E-state index in [1.54, 1.807) is 0 Å². The summed E-state index contributed by atoms with van der Waals surface area (Å²) >= 11 is 0. The van der Waals surface area contributed by atoms with Crippen LogP contribution in [0.15, 0.2) is 97.2 Å². The number of benzene rings is 4. The van der Waals surface area contributed by atoms with Gasteiger partial charge in [0.15, 0.2) is 0 Å². The zero-order valence-electron chi connectivity index (χ0n) is 26.4. The van der Waals surface area contributed by atoms with Crippen molar-refractivity contribution in [2.75, 3.05) is 9.80 Å². The van der Waals surface area contributed by atoms with Gasteiger partial charge in [-0.1, -0.05) is 75.9 Å². The second-order valence-corrected chi connectivity index (χ2v) is 13.3. The van der Waals surface area contributed by atoms with Gasteiger partial charge in [-0.25, -0.2) is 4.98 Å². The number of pyridine rings is 1. The van der Waals surface area contributed by atoms with Crippen molar-refractivity contribution in [3.63, 3.8) is 0 Å². The van der Waals surface area contributed by atoms with Crippen molar-refractivity contribution in [1.29, 1.82) is 0 Å². The maximum Gasteiger partial charge on any atom is 0.135 e.